The van der Waals surface area contributed by atoms with Crippen LogP contribution in [0.3, 0.4) is 0 Å². The number of hydrogen-bond acceptors (Lipinski definition) is 3. The number of benzene rings is 2. The van der Waals surface area contributed by atoms with Crippen LogP contribution in [0.2, 0.25) is 5.02 Å². The number of aliphatic imine (C=N–C) groups is 1. The molecular formula is C22H28ClN5O. The molecule has 1 aliphatic heterocycles. The zero-order valence-electron chi connectivity index (χ0n) is 17.2. The summed E-state index contributed by atoms with van der Waals surface area (Å²) < 4.78 is 0. The molecule has 2 aromatic carbocycles. The van der Waals surface area contributed by atoms with E-state index in [2.05, 4.69) is 38.4 Å². The summed E-state index contributed by atoms with van der Waals surface area (Å²) in [5.74, 6) is 0.816. The average molecular weight is 414 g/mol. The maximum atomic E-state index is 11.6. The Morgan fingerprint density at radius 1 is 1.10 bits per heavy atom. The molecule has 29 heavy (non-hydrogen) atoms. The van der Waals surface area contributed by atoms with Gasteiger partial charge in [-0.3, -0.25) is 9.79 Å². The SMILES string of the molecule is CN=C(NCc1ccc(C(=O)NC)cc1)N1CCN(c2cc(Cl)ccc2C)CC1. The second-order valence-electron chi connectivity index (χ2n) is 7.08. The van der Waals surface area contributed by atoms with Gasteiger partial charge in [0, 0.05) is 63.1 Å². The van der Waals surface area contributed by atoms with Gasteiger partial charge < -0.3 is 20.4 Å². The minimum absolute atomic E-state index is 0.0758. The summed E-state index contributed by atoms with van der Waals surface area (Å²) in [7, 11) is 3.44. The van der Waals surface area contributed by atoms with Gasteiger partial charge in [0.2, 0.25) is 0 Å². The average Bonchev–Trinajstić information content (AvgIpc) is 2.76. The lowest BCUT2D eigenvalue weighted by Crippen LogP contribution is -2.52. The molecule has 0 spiro atoms. The lowest BCUT2D eigenvalue weighted by molar-refractivity contribution is 0.0963. The number of carbonyl (C=O) groups excluding carboxylic acids is 1. The Bertz CT molecular complexity index is 873. The van der Waals surface area contributed by atoms with Gasteiger partial charge in [-0.1, -0.05) is 29.8 Å². The number of anilines is 1. The highest BCUT2D eigenvalue weighted by Gasteiger charge is 2.21. The highest BCUT2D eigenvalue weighted by Crippen LogP contribution is 2.25. The number of halogens is 1. The molecule has 154 valence electrons. The minimum atomic E-state index is -0.0758. The molecule has 0 unspecified atom stereocenters. The monoisotopic (exact) mass is 413 g/mol. The first-order chi connectivity index (χ1) is 14.0. The predicted molar refractivity (Wildman–Crippen MR) is 120 cm³/mol. The Labute approximate surface area is 177 Å². The van der Waals surface area contributed by atoms with Gasteiger partial charge >= 0.3 is 0 Å². The first-order valence-electron chi connectivity index (χ1n) is 9.79. The van der Waals surface area contributed by atoms with Crippen LogP contribution in [0.1, 0.15) is 21.5 Å². The number of piperazine rings is 1. The zero-order valence-corrected chi connectivity index (χ0v) is 18.0. The molecule has 1 heterocycles. The van der Waals surface area contributed by atoms with Gasteiger partial charge in [0.1, 0.15) is 0 Å². The maximum Gasteiger partial charge on any atom is 0.251 e. The summed E-state index contributed by atoms with van der Waals surface area (Å²) in [6.07, 6.45) is 0. The van der Waals surface area contributed by atoms with Crippen LogP contribution < -0.4 is 15.5 Å². The molecule has 7 heteroatoms. The van der Waals surface area contributed by atoms with E-state index in [4.69, 9.17) is 11.6 Å². The maximum absolute atomic E-state index is 11.6. The Kier molecular flexibility index (Phi) is 6.99. The van der Waals surface area contributed by atoms with E-state index in [1.807, 2.05) is 43.4 Å². The van der Waals surface area contributed by atoms with Crippen molar-refractivity contribution in [1.82, 2.24) is 15.5 Å². The van der Waals surface area contributed by atoms with Crippen LogP contribution in [0.5, 0.6) is 0 Å². The van der Waals surface area contributed by atoms with Crippen molar-refractivity contribution >= 4 is 29.2 Å². The van der Waals surface area contributed by atoms with E-state index in [1.54, 1.807) is 7.05 Å². The summed E-state index contributed by atoms with van der Waals surface area (Å²) in [6.45, 7) is 6.40. The summed E-state index contributed by atoms with van der Waals surface area (Å²) in [4.78, 5) is 20.7. The summed E-state index contributed by atoms with van der Waals surface area (Å²) in [6, 6.07) is 13.6. The van der Waals surface area contributed by atoms with Gasteiger partial charge in [-0.2, -0.15) is 0 Å². The normalized spacial score (nSPS) is 14.7. The topological polar surface area (TPSA) is 60.0 Å². The fourth-order valence-corrected chi connectivity index (χ4v) is 3.68. The van der Waals surface area contributed by atoms with Crippen molar-refractivity contribution in [2.75, 3.05) is 45.2 Å². The second-order valence-corrected chi connectivity index (χ2v) is 7.52. The molecule has 2 aromatic rings. The van der Waals surface area contributed by atoms with Gasteiger partial charge in [0.25, 0.3) is 5.91 Å². The van der Waals surface area contributed by atoms with Crippen molar-refractivity contribution < 1.29 is 4.79 Å². The van der Waals surface area contributed by atoms with Crippen LogP contribution in [0.4, 0.5) is 5.69 Å². The third-order valence-corrected chi connectivity index (χ3v) is 5.43. The highest BCUT2D eigenvalue weighted by atomic mass is 35.5. The molecule has 0 aromatic heterocycles. The summed E-state index contributed by atoms with van der Waals surface area (Å²) in [5, 5.41) is 6.83. The molecule has 3 rings (SSSR count). The molecule has 0 atom stereocenters. The lowest BCUT2D eigenvalue weighted by atomic mass is 10.1. The van der Waals surface area contributed by atoms with E-state index in [0.717, 1.165) is 42.7 Å². The third-order valence-electron chi connectivity index (χ3n) is 5.20. The van der Waals surface area contributed by atoms with Crippen LogP contribution in [0.15, 0.2) is 47.5 Å². The number of aryl methyl sites for hydroxylation is 1. The van der Waals surface area contributed by atoms with Crippen molar-refractivity contribution in [3.05, 3.63) is 64.2 Å². The quantitative estimate of drug-likeness (QED) is 0.597. The lowest BCUT2D eigenvalue weighted by Gasteiger charge is -2.38. The van der Waals surface area contributed by atoms with E-state index in [0.29, 0.717) is 12.1 Å². The number of rotatable bonds is 4. The molecule has 1 saturated heterocycles. The molecule has 1 aliphatic rings. The zero-order chi connectivity index (χ0) is 20.8. The highest BCUT2D eigenvalue weighted by molar-refractivity contribution is 6.30. The first kappa shape index (κ1) is 21.0. The first-order valence-corrected chi connectivity index (χ1v) is 10.2. The smallest absolute Gasteiger partial charge is 0.251 e. The minimum Gasteiger partial charge on any atom is -0.368 e. The van der Waals surface area contributed by atoms with Gasteiger partial charge in [0.15, 0.2) is 5.96 Å². The number of hydrogen-bond donors (Lipinski definition) is 2. The van der Waals surface area contributed by atoms with E-state index in [-0.39, 0.29) is 5.91 Å². The molecule has 0 radical (unpaired) electrons. The molecule has 6 nitrogen and oxygen atoms in total. The molecule has 0 saturated carbocycles. The van der Waals surface area contributed by atoms with Crippen molar-refractivity contribution in [2.45, 2.75) is 13.5 Å². The molecule has 0 aliphatic carbocycles. The van der Waals surface area contributed by atoms with E-state index in [9.17, 15) is 4.79 Å². The Morgan fingerprint density at radius 3 is 2.41 bits per heavy atom. The fourth-order valence-electron chi connectivity index (χ4n) is 3.51. The van der Waals surface area contributed by atoms with Crippen molar-refractivity contribution in [3.8, 4) is 0 Å². The van der Waals surface area contributed by atoms with Crippen LogP contribution in [0, 0.1) is 6.92 Å². The Balaban J connectivity index is 1.55. The van der Waals surface area contributed by atoms with Gasteiger partial charge in [0.05, 0.1) is 0 Å². The van der Waals surface area contributed by atoms with Crippen LogP contribution in [-0.2, 0) is 6.54 Å². The van der Waals surface area contributed by atoms with Crippen molar-refractivity contribution in [3.63, 3.8) is 0 Å². The largest absolute Gasteiger partial charge is 0.368 e. The number of nitrogens with zero attached hydrogens (tertiary/aromatic N) is 3. The number of carbonyl (C=O) groups is 1. The second kappa shape index (κ2) is 9.65. The van der Waals surface area contributed by atoms with E-state index in [1.165, 1.54) is 11.3 Å². The number of guanidine groups is 1. The van der Waals surface area contributed by atoms with E-state index >= 15 is 0 Å². The van der Waals surface area contributed by atoms with Gasteiger partial charge in [-0.15, -0.1) is 0 Å². The van der Waals surface area contributed by atoms with Crippen LogP contribution >= 0.6 is 11.6 Å². The molecular weight excluding hydrogens is 386 g/mol. The third kappa shape index (κ3) is 5.21. The molecule has 2 N–H and O–H groups in total. The summed E-state index contributed by atoms with van der Waals surface area (Å²) >= 11 is 6.18. The standard InChI is InChI=1S/C22H28ClN5O/c1-16-4-9-19(23)14-20(16)27-10-12-28(13-11-27)22(25-3)26-15-17-5-7-18(8-6-17)21(29)24-2/h4-9,14H,10-13,15H2,1-3H3,(H,24,29)(H,25,26). The Hall–Kier alpha value is -2.73. The molecule has 1 amide bonds. The number of amides is 1. The fraction of sp³-hybridized carbons (Fsp3) is 0.364. The molecule has 0 bridgehead atoms. The van der Waals surface area contributed by atoms with E-state index < -0.39 is 0 Å². The Morgan fingerprint density at radius 2 is 1.79 bits per heavy atom. The molecule has 1 fully saturated rings. The number of nitrogens with one attached hydrogen (secondary N) is 2. The van der Waals surface area contributed by atoms with Crippen LogP contribution in [-0.4, -0.2) is 57.0 Å². The van der Waals surface area contributed by atoms with Crippen LogP contribution in [0.25, 0.3) is 0 Å². The summed E-state index contributed by atoms with van der Waals surface area (Å²) in [5.41, 5.74) is 4.21. The van der Waals surface area contributed by atoms with Crippen molar-refractivity contribution in [1.29, 1.82) is 0 Å². The van der Waals surface area contributed by atoms with Crippen molar-refractivity contribution in [2.24, 2.45) is 4.99 Å². The van der Waals surface area contributed by atoms with Gasteiger partial charge in [-0.05, 0) is 42.3 Å². The van der Waals surface area contributed by atoms with Gasteiger partial charge in [-0.25, -0.2) is 0 Å². The predicted octanol–water partition coefficient (Wildman–Crippen LogP) is 2.91.